The van der Waals surface area contributed by atoms with E-state index >= 15 is 0 Å². The number of halogens is 1. The van der Waals surface area contributed by atoms with Crippen molar-refractivity contribution in [3.8, 4) is 0 Å². The summed E-state index contributed by atoms with van der Waals surface area (Å²) in [5.74, 6) is -1.94. The average Bonchev–Trinajstić information content (AvgIpc) is 3.01. The highest BCUT2D eigenvalue weighted by Gasteiger charge is 2.44. The van der Waals surface area contributed by atoms with Gasteiger partial charge in [-0.05, 0) is 0 Å². The molecule has 3 rings (SSSR count). The molecule has 10 heteroatoms. The van der Waals surface area contributed by atoms with Crippen molar-refractivity contribution in [2.75, 3.05) is 26.9 Å². The van der Waals surface area contributed by atoms with Crippen LogP contribution in [0.15, 0.2) is 15.8 Å². The van der Waals surface area contributed by atoms with Crippen LogP contribution in [0, 0.1) is 5.82 Å². The molecule has 25 heavy (non-hydrogen) atoms. The van der Waals surface area contributed by atoms with Gasteiger partial charge < -0.3 is 24.1 Å². The monoisotopic (exact) mass is 360 g/mol. The lowest BCUT2D eigenvalue weighted by atomic mass is 10.1. The maximum Gasteiger partial charge on any atom is 0.330 e. The molecule has 0 amide bonds. The summed E-state index contributed by atoms with van der Waals surface area (Å²) in [4.78, 5) is 24.9. The van der Waals surface area contributed by atoms with E-state index in [1.807, 2.05) is 4.98 Å². The van der Waals surface area contributed by atoms with Crippen molar-refractivity contribution >= 4 is 0 Å². The molecule has 2 aliphatic heterocycles. The summed E-state index contributed by atoms with van der Waals surface area (Å²) in [5.41, 5.74) is -1.88. The van der Waals surface area contributed by atoms with E-state index in [-0.39, 0.29) is 13.0 Å². The van der Waals surface area contributed by atoms with Gasteiger partial charge in [0.2, 0.25) is 5.82 Å². The van der Waals surface area contributed by atoms with Crippen LogP contribution in [0.2, 0.25) is 0 Å². The third-order valence-electron chi connectivity index (χ3n) is 4.59. The van der Waals surface area contributed by atoms with Gasteiger partial charge in [0.05, 0.1) is 32.1 Å². The van der Waals surface area contributed by atoms with E-state index in [1.165, 1.54) is 7.11 Å². The fourth-order valence-corrected chi connectivity index (χ4v) is 3.16. The van der Waals surface area contributed by atoms with Crippen LogP contribution in [-0.4, -0.2) is 59.6 Å². The highest BCUT2D eigenvalue weighted by atomic mass is 19.1. The van der Waals surface area contributed by atoms with Crippen LogP contribution in [0.4, 0.5) is 4.39 Å². The van der Waals surface area contributed by atoms with Crippen molar-refractivity contribution < 1.29 is 28.4 Å². The van der Waals surface area contributed by atoms with Gasteiger partial charge in [-0.25, -0.2) is 4.79 Å². The van der Waals surface area contributed by atoms with Gasteiger partial charge in [-0.3, -0.25) is 14.3 Å². The Hall–Kier alpha value is -1.59. The van der Waals surface area contributed by atoms with Crippen LogP contribution >= 0.6 is 0 Å². The van der Waals surface area contributed by atoms with Crippen molar-refractivity contribution in [2.24, 2.45) is 0 Å². The Morgan fingerprint density at radius 1 is 1.44 bits per heavy atom. The smallest absolute Gasteiger partial charge is 0.330 e. The second kappa shape index (κ2) is 7.34. The van der Waals surface area contributed by atoms with Crippen LogP contribution in [0.3, 0.4) is 0 Å². The number of nitrogens with zero attached hydrogens (tertiary/aromatic N) is 1. The van der Waals surface area contributed by atoms with Crippen molar-refractivity contribution in [1.82, 2.24) is 9.55 Å². The Kier molecular flexibility index (Phi) is 5.35. The summed E-state index contributed by atoms with van der Waals surface area (Å²) in [6, 6.07) is 0. The second-order valence-corrected chi connectivity index (χ2v) is 6.07. The van der Waals surface area contributed by atoms with Crippen molar-refractivity contribution in [1.29, 1.82) is 0 Å². The molecule has 1 aromatic rings. The van der Waals surface area contributed by atoms with Crippen LogP contribution in [0.5, 0.6) is 0 Å². The summed E-state index contributed by atoms with van der Waals surface area (Å²) in [5, 5.41) is 9.57. The van der Waals surface area contributed by atoms with Gasteiger partial charge in [0.25, 0.3) is 5.56 Å². The molecule has 0 saturated carbocycles. The third-order valence-corrected chi connectivity index (χ3v) is 4.59. The molecule has 3 atom stereocenters. The molecule has 1 aromatic heterocycles. The van der Waals surface area contributed by atoms with Gasteiger partial charge in [0, 0.05) is 26.4 Å². The Morgan fingerprint density at radius 2 is 2.16 bits per heavy atom. The number of aromatic amines is 1. The first-order valence-electron chi connectivity index (χ1n) is 8.06. The third kappa shape index (κ3) is 3.67. The highest BCUT2D eigenvalue weighted by molar-refractivity contribution is 4.92. The number of hydrogen-bond acceptors (Lipinski definition) is 7. The van der Waals surface area contributed by atoms with Gasteiger partial charge in [0.1, 0.15) is 12.3 Å². The van der Waals surface area contributed by atoms with Crippen LogP contribution in [0.1, 0.15) is 25.5 Å². The second-order valence-electron chi connectivity index (χ2n) is 6.07. The average molecular weight is 360 g/mol. The first-order chi connectivity index (χ1) is 12.0. The number of methoxy groups -OCH3 is 1. The SMILES string of the molecule is COC1(O[C@H]2C[C@H](n3cc(F)c(=O)[nH]c3=O)O[C@@H]2CO)CCOCC1. The highest BCUT2D eigenvalue weighted by Crippen LogP contribution is 2.36. The lowest BCUT2D eigenvalue weighted by Crippen LogP contribution is -2.46. The molecule has 2 aliphatic rings. The lowest BCUT2D eigenvalue weighted by Gasteiger charge is -2.38. The minimum Gasteiger partial charge on any atom is -0.394 e. The van der Waals surface area contributed by atoms with Crippen molar-refractivity contribution in [3.63, 3.8) is 0 Å². The first-order valence-corrected chi connectivity index (χ1v) is 8.06. The van der Waals surface area contributed by atoms with E-state index in [2.05, 4.69) is 0 Å². The Bertz CT molecular complexity index is 713. The quantitative estimate of drug-likeness (QED) is 0.681. The number of ether oxygens (including phenoxy) is 4. The zero-order valence-electron chi connectivity index (χ0n) is 13.8. The summed E-state index contributed by atoms with van der Waals surface area (Å²) in [7, 11) is 1.54. The Labute approximate surface area is 142 Å². The molecule has 2 fully saturated rings. The van der Waals surface area contributed by atoms with E-state index in [9.17, 15) is 19.1 Å². The molecule has 0 spiro atoms. The number of rotatable bonds is 5. The Morgan fingerprint density at radius 3 is 2.80 bits per heavy atom. The number of H-pyrrole nitrogens is 1. The Balaban J connectivity index is 1.80. The minimum atomic E-state index is -1.09. The predicted molar refractivity (Wildman–Crippen MR) is 81.6 cm³/mol. The topological polar surface area (TPSA) is 112 Å². The van der Waals surface area contributed by atoms with Gasteiger partial charge >= 0.3 is 5.69 Å². The number of aromatic nitrogens is 2. The van der Waals surface area contributed by atoms with E-state index in [4.69, 9.17) is 18.9 Å². The van der Waals surface area contributed by atoms with Gasteiger partial charge in [0.15, 0.2) is 5.79 Å². The van der Waals surface area contributed by atoms with Crippen LogP contribution < -0.4 is 11.2 Å². The number of aliphatic hydroxyl groups is 1. The molecule has 0 bridgehead atoms. The zero-order chi connectivity index (χ0) is 18.0. The van der Waals surface area contributed by atoms with Crippen LogP contribution in [-0.2, 0) is 18.9 Å². The summed E-state index contributed by atoms with van der Waals surface area (Å²) >= 11 is 0. The van der Waals surface area contributed by atoms with E-state index in [0.717, 1.165) is 10.8 Å². The molecular formula is C15H21FN2O7. The van der Waals surface area contributed by atoms with Crippen molar-refractivity contribution in [2.45, 2.75) is 43.5 Å². The molecule has 2 N–H and O–H groups in total. The van der Waals surface area contributed by atoms with Gasteiger partial charge in [-0.15, -0.1) is 0 Å². The van der Waals surface area contributed by atoms with Gasteiger partial charge in [-0.1, -0.05) is 0 Å². The molecule has 2 saturated heterocycles. The molecule has 140 valence electrons. The molecular weight excluding hydrogens is 339 g/mol. The summed E-state index contributed by atoms with van der Waals surface area (Å²) in [6.07, 6.45) is -0.0934. The fourth-order valence-electron chi connectivity index (χ4n) is 3.16. The number of nitrogens with one attached hydrogen (secondary N) is 1. The molecule has 0 aromatic carbocycles. The maximum absolute atomic E-state index is 13.5. The van der Waals surface area contributed by atoms with E-state index in [0.29, 0.717) is 26.1 Å². The van der Waals surface area contributed by atoms with E-state index < -0.39 is 41.3 Å². The minimum absolute atomic E-state index is 0.197. The molecule has 3 heterocycles. The predicted octanol–water partition coefficient (Wildman–Crippen LogP) is -0.506. The summed E-state index contributed by atoms with van der Waals surface area (Å²) < 4.78 is 37.0. The maximum atomic E-state index is 13.5. The fraction of sp³-hybridized carbons (Fsp3) is 0.733. The summed E-state index contributed by atoms with van der Waals surface area (Å²) in [6.45, 7) is 0.635. The largest absolute Gasteiger partial charge is 0.394 e. The van der Waals surface area contributed by atoms with Gasteiger partial charge in [-0.2, -0.15) is 4.39 Å². The normalized spacial score (nSPS) is 29.0. The standard InChI is InChI=1S/C15H21FN2O7/c1-22-15(2-4-23-5-3-15)25-10-6-12(24-11(10)8-19)18-7-9(16)13(20)17-14(18)21/h7,10-12,19H,2-6,8H2,1H3,(H,17,20,21)/t10-,11+,12+/m0/s1. The number of hydrogen-bond donors (Lipinski definition) is 2. The molecule has 0 aliphatic carbocycles. The van der Waals surface area contributed by atoms with Crippen molar-refractivity contribution in [3.05, 3.63) is 32.9 Å². The number of aliphatic hydroxyl groups excluding tert-OH is 1. The van der Waals surface area contributed by atoms with Crippen LogP contribution in [0.25, 0.3) is 0 Å². The zero-order valence-corrected chi connectivity index (χ0v) is 13.8. The van der Waals surface area contributed by atoms with E-state index in [1.54, 1.807) is 0 Å². The molecule has 9 nitrogen and oxygen atoms in total. The molecule has 0 radical (unpaired) electrons. The molecule has 0 unspecified atom stereocenters. The lowest BCUT2D eigenvalue weighted by molar-refractivity contribution is -0.281. The first kappa shape index (κ1) is 18.2.